The second-order valence-electron chi connectivity index (χ2n) is 6.83. The van der Waals surface area contributed by atoms with Crippen molar-refractivity contribution in [3.05, 3.63) is 62.7 Å². The summed E-state index contributed by atoms with van der Waals surface area (Å²) in [7, 11) is 1.63. The molecule has 2 aromatic heterocycles. The number of hydrogen-bond acceptors (Lipinski definition) is 5. The van der Waals surface area contributed by atoms with Crippen LogP contribution in [0, 0.1) is 0 Å². The molecule has 4 rings (SSSR count). The lowest BCUT2D eigenvalue weighted by molar-refractivity contribution is -0.132. The first-order valence-corrected chi connectivity index (χ1v) is 9.97. The number of benzene rings is 1. The molecule has 3 aromatic rings. The molecule has 1 aliphatic rings. The van der Waals surface area contributed by atoms with E-state index in [0.29, 0.717) is 11.1 Å². The van der Waals surface area contributed by atoms with Crippen LogP contribution in [0.5, 0.6) is 0 Å². The third-order valence-corrected chi connectivity index (χ3v) is 5.90. The van der Waals surface area contributed by atoms with Crippen LogP contribution in [-0.4, -0.2) is 51.7 Å². The number of piperazine rings is 1. The van der Waals surface area contributed by atoms with E-state index in [4.69, 9.17) is 0 Å². The molecule has 0 radical (unpaired) electrons. The van der Waals surface area contributed by atoms with Crippen molar-refractivity contribution in [2.75, 3.05) is 26.2 Å². The fourth-order valence-electron chi connectivity index (χ4n) is 3.54. The highest BCUT2D eigenvalue weighted by atomic mass is 32.1. The summed E-state index contributed by atoms with van der Waals surface area (Å²) in [6.45, 7) is 4.17. The summed E-state index contributed by atoms with van der Waals surface area (Å²) >= 11 is 1.77. The van der Waals surface area contributed by atoms with E-state index in [1.165, 1.54) is 9.56 Å². The molecule has 1 amide bonds. The second kappa shape index (κ2) is 7.62. The molecule has 0 aliphatic carbocycles. The number of amides is 1. The van der Waals surface area contributed by atoms with Crippen LogP contribution in [0.4, 0.5) is 0 Å². The molecular formula is C20H22N4O2S. The Bertz CT molecular complexity index is 1000. The van der Waals surface area contributed by atoms with Crippen LogP contribution >= 0.6 is 11.3 Å². The van der Waals surface area contributed by atoms with Gasteiger partial charge in [-0.05, 0) is 17.5 Å². The number of hydrogen-bond donors (Lipinski definition) is 0. The molecule has 0 saturated carbocycles. The van der Waals surface area contributed by atoms with Gasteiger partial charge in [0.05, 0.1) is 17.5 Å². The lowest BCUT2D eigenvalue weighted by Gasteiger charge is -2.34. The maximum Gasteiger partial charge on any atom is 0.274 e. The number of carbonyl (C=O) groups excluding carboxylic acids is 1. The van der Waals surface area contributed by atoms with Crippen molar-refractivity contribution < 1.29 is 4.79 Å². The van der Waals surface area contributed by atoms with Gasteiger partial charge in [0.15, 0.2) is 0 Å². The van der Waals surface area contributed by atoms with Crippen molar-refractivity contribution in [2.24, 2.45) is 7.05 Å². The van der Waals surface area contributed by atoms with E-state index in [0.717, 1.165) is 38.1 Å². The first kappa shape index (κ1) is 17.9. The van der Waals surface area contributed by atoms with Crippen molar-refractivity contribution in [2.45, 2.75) is 13.0 Å². The van der Waals surface area contributed by atoms with E-state index in [1.54, 1.807) is 24.5 Å². The smallest absolute Gasteiger partial charge is 0.274 e. The van der Waals surface area contributed by atoms with Crippen molar-refractivity contribution in [3.8, 4) is 0 Å². The summed E-state index contributed by atoms with van der Waals surface area (Å²) in [6.07, 6.45) is 0.222. The van der Waals surface area contributed by atoms with Crippen LogP contribution in [0.2, 0.25) is 0 Å². The molecule has 140 valence electrons. The average Bonchev–Trinajstić information content (AvgIpc) is 3.19. The lowest BCUT2D eigenvalue weighted by atomic mass is 10.1. The molecule has 1 saturated heterocycles. The summed E-state index contributed by atoms with van der Waals surface area (Å²) in [5.74, 6) is 0.0714. The summed E-state index contributed by atoms with van der Waals surface area (Å²) in [4.78, 5) is 30.7. The van der Waals surface area contributed by atoms with Crippen molar-refractivity contribution in [1.82, 2.24) is 19.6 Å². The minimum atomic E-state index is -0.135. The van der Waals surface area contributed by atoms with Crippen molar-refractivity contribution in [3.63, 3.8) is 0 Å². The quantitative estimate of drug-likeness (QED) is 0.691. The zero-order valence-electron chi connectivity index (χ0n) is 15.3. The third-order valence-electron chi connectivity index (χ3n) is 5.04. The highest BCUT2D eigenvalue weighted by Gasteiger charge is 2.22. The number of aromatic nitrogens is 2. The Kier molecular flexibility index (Phi) is 5.05. The number of rotatable bonds is 4. The van der Waals surface area contributed by atoms with Crippen LogP contribution in [-0.2, 0) is 24.8 Å². The SMILES string of the molecule is Cn1nc(CC(=O)N2CCN(Cc3cccs3)CC2)c2ccccc2c1=O. The van der Waals surface area contributed by atoms with Gasteiger partial charge in [0.25, 0.3) is 5.56 Å². The molecule has 3 heterocycles. The van der Waals surface area contributed by atoms with E-state index >= 15 is 0 Å². The molecule has 1 aliphatic heterocycles. The summed E-state index contributed by atoms with van der Waals surface area (Å²) in [6, 6.07) is 11.6. The molecule has 1 aromatic carbocycles. The largest absolute Gasteiger partial charge is 0.340 e. The van der Waals surface area contributed by atoms with Gasteiger partial charge >= 0.3 is 0 Å². The number of aryl methyl sites for hydroxylation is 1. The lowest BCUT2D eigenvalue weighted by Crippen LogP contribution is -2.48. The minimum absolute atomic E-state index is 0.0714. The van der Waals surface area contributed by atoms with E-state index < -0.39 is 0 Å². The second-order valence-corrected chi connectivity index (χ2v) is 7.87. The van der Waals surface area contributed by atoms with Gasteiger partial charge in [-0.1, -0.05) is 24.3 Å². The number of thiophene rings is 1. The molecule has 0 unspecified atom stereocenters. The first-order valence-electron chi connectivity index (χ1n) is 9.09. The van der Waals surface area contributed by atoms with E-state index in [1.807, 2.05) is 23.1 Å². The van der Waals surface area contributed by atoms with Gasteiger partial charge < -0.3 is 4.90 Å². The Labute approximate surface area is 161 Å². The maximum absolute atomic E-state index is 12.8. The Hall–Kier alpha value is -2.51. The summed E-state index contributed by atoms with van der Waals surface area (Å²) in [5, 5.41) is 7.82. The standard InChI is InChI=1S/C20H22N4O2S/c1-22-20(26)17-7-3-2-6-16(17)18(21-22)13-19(25)24-10-8-23(9-11-24)14-15-5-4-12-27-15/h2-7,12H,8-11,13-14H2,1H3. The highest BCUT2D eigenvalue weighted by Crippen LogP contribution is 2.16. The first-order chi connectivity index (χ1) is 13.1. The Balaban J connectivity index is 1.44. The molecule has 7 heteroatoms. The molecule has 0 spiro atoms. The molecule has 6 nitrogen and oxygen atoms in total. The van der Waals surface area contributed by atoms with Crippen LogP contribution in [0.25, 0.3) is 10.8 Å². The van der Waals surface area contributed by atoms with Gasteiger partial charge in [-0.3, -0.25) is 14.5 Å². The van der Waals surface area contributed by atoms with Gasteiger partial charge in [0, 0.05) is 50.0 Å². The average molecular weight is 382 g/mol. The van der Waals surface area contributed by atoms with Crippen LogP contribution in [0.15, 0.2) is 46.6 Å². The Morgan fingerprint density at radius 1 is 1.07 bits per heavy atom. The summed E-state index contributed by atoms with van der Waals surface area (Å²) in [5.41, 5.74) is 0.530. The predicted octanol–water partition coefficient (Wildman–Crippen LogP) is 1.88. The van der Waals surface area contributed by atoms with Gasteiger partial charge in [-0.2, -0.15) is 5.10 Å². The number of fused-ring (bicyclic) bond motifs is 1. The molecular weight excluding hydrogens is 360 g/mol. The van der Waals surface area contributed by atoms with Crippen LogP contribution in [0.3, 0.4) is 0 Å². The van der Waals surface area contributed by atoms with Gasteiger partial charge in [0.1, 0.15) is 0 Å². The third kappa shape index (κ3) is 3.79. The zero-order chi connectivity index (χ0) is 18.8. The number of nitrogens with zero attached hydrogens (tertiary/aromatic N) is 4. The maximum atomic E-state index is 12.8. The normalized spacial score (nSPS) is 15.4. The van der Waals surface area contributed by atoms with Gasteiger partial charge in [0.2, 0.25) is 5.91 Å². The van der Waals surface area contributed by atoms with E-state index in [-0.39, 0.29) is 17.9 Å². The van der Waals surface area contributed by atoms with E-state index in [9.17, 15) is 9.59 Å². The predicted molar refractivity (Wildman–Crippen MR) is 107 cm³/mol. The molecule has 1 fully saturated rings. The Morgan fingerprint density at radius 2 is 1.81 bits per heavy atom. The van der Waals surface area contributed by atoms with Crippen LogP contribution < -0.4 is 5.56 Å². The number of carbonyl (C=O) groups is 1. The van der Waals surface area contributed by atoms with Crippen molar-refractivity contribution in [1.29, 1.82) is 0 Å². The van der Waals surface area contributed by atoms with E-state index in [2.05, 4.69) is 27.5 Å². The fourth-order valence-corrected chi connectivity index (χ4v) is 4.29. The van der Waals surface area contributed by atoms with Crippen LogP contribution in [0.1, 0.15) is 10.6 Å². The van der Waals surface area contributed by atoms with Gasteiger partial charge in [-0.15, -0.1) is 11.3 Å². The van der Waals surface area contributed by atoms with Crippen molar-refractivity contribution >= 4 is 28.0 Å². The van der Waals surface area contributed by atoms with Gasteiger partial charge in [-0.25, -0.2) is 4.68 Å². The molecule has 0 N–H and O–H groups in total. The zero-order valence-corrected chi connectivity index (χ0v) is 16.1. The fraction of sp³-hybridized carbons (Fsp3) is 0.350. The monoisotopic (exact) mass is 382 g/mol. The molecule has 0 bridgehead atoms. The minimum Gasteiger partial charge on any atom is -0.340 e. The summed E-state index contributed by atoms with van der Waals surface area (Å²) < 4.78 is 1.32. The Morgan fingerprint density at radius 3 is 2.52 bits per heavy atom. The molecule has 0 atom stereocenters. The topological polar surface area (TPSA) is 58.4 Å². The highest BCUT2D eigenvalue weighted by molar-refractivity contribution is 7.09. The molecule has 27 heavy (non-hydrogen) atoms.